The number of hydrogen-bond acceptors (Lipinski definition) is 5. The Labute approximate surface area is 174 Å². The van der Waals surface area contributed by atoms with E-state index in [0.29, 0.717) is 22.6 Å². The predicted molar refractivity (Wildman–Crippen MR) is 113 cm³/mol. The zero-order valence-electron chi connectivity index (χ0n) is 17.0. The minimum Gasteiger partial charge on any atom is -0.497 e. The molecule has 0 saturated carbocycles. The number of aromatic nitrogens is 1. The molecule has 4 rings (SSSR count). The second-order valence-corrected chi connectivity index (χ2v) is 7.15. The Hall–Kier alpha value is -3.61. The summed E-state index contributed by atoms with van der Waals surface area (Å²) in [7, 11) is 3.02. The number of carbonyl (C=O) groups excluding carboxylic acids is 2. The molecule has 1 aromatic heterocycles. The molecule has 2 N–H and O–H groups in total. The molecule has 0 spiro atoms. The van der Waals surface area contributed by atoms with Crippen LogP contribution in [0.2, 0.25) is 0 Å². The van der Waals surface area contributed by atoms with Crippen LogP contribution in [0, 0.1) is 0 Å². The van der Waals surface area contributed by atoms with Crippen molar-refractivity contribution < 1.29 is 19.1 Å². The summed E-state index contributed by atoms with van der Waals surface area (Å²) >= 11 is 0. The number of aryl methyl sites for hydroxylation is 1. The number of hydrogen-bond donors (Lipinski definition) is 2. The number of methoxy groups -OCH3 is 2. The lowest BCUT2D eigenvalue weighted by molar-refractivity contribution is 0.0846. The SMILES string of the molecule is COc1cc(OC)cc(C(=O)NNC(=O)c2c3c(nc4ccccc24)CCCC3)c1. The first-order valence-corrected chi connectivity index (χ1v) is 9.85. The fourth-order valence-corrected chi connectivity index (χ4v) is 3.82. The molecule has 0 aliphatic heterocycles. The summed E-state index contributed by atoms with van der Waals surface area (Å²) in [4.78, 5) is 30.5. The van der Waals surface area contributed by atoms with Gasteiger partial charge in [-0.05, 0) is 49.4 Å². The van der Waals surface area contributed by atoms with Crippen molar-refractivity contribution in [3.05, 3.63) is 64.8 Å². The number of benzene rings is 2. The molecular weight excluding hydrogens is 382 g/mol. The monoisotopic (exact) mass is 405 g/mol. The number of carbonyl (C=O) groups is 2. The van der Waals surface area contributed by atoms with Crippen molar-refractivity contribution in [2.75, 3.05) is 14.2 Å². The smallest absolute Gasteiger partial charge is 0.270 e. The number of rotatable bonds is 4. The molecule has 7 heteroatoms. The van der Waals surface area contributed by atoms with Gasteiger partial charge in [-0.1, -0.05) is 18.2 Å². The van der Waals surface area contributed by atoms with E-state index in [2.05, 4.69) is 10.9 Å². The number of para-hydroxylation sites is 1. The molecule has 1 aliphatic rings. The Kier molecular flexibility index (Phi) is 5.52. The number of amides is 2. The van der Waals surface area contributed by atoms with Gasteiger partial charge in [0.05, 0.1) is 25.3 Å². The number of nitrogens with zero attached hydrogens (tertiary/aromatic N) is 1. The van der Waals surface area contributed by atoms with Gasteiger partial charge in [-0.3, -0.25) is 25.4 Å². The lowest BCUT2D eigenvalue weighted by Gasteiger charge is -2.20. The zero-order chi connectivity index (χ0) is 21.1. The Balaban J connectivity index is 1.61. The molecule has 0 bridgehead atoms. The van der Waals surface area contributed by atoms with Crippen LogP contribution in [0.3, 0.4) is 0 Å². The van der Waals surface area contributed by atoms with Gasteiger partial charge in [-0.15, -0.1) is 0 Å². The summed E-state index contributed by atoms with van der Waals surface area (Å²) < 4.78 is 10.4. The van der Waals surface area contributed by atoms with Crippen LogP contribution in [-0.2, 0) is 12.8 Å². The molecule has 2 amide bonds. The van der Waals surface area contributed by atoms with Crippen LogP contribution in [0.5, 0.6) is 11.5 Å². The number of pyridine rings is 1. The van der Waals surface area contributed by atoms with Crippen molar-refractivity contribution in [2.24, 2.45) is 0 Å². The van der Waals surface area contributed by atoms with Crippen LogP contribution < -0.4 is 20.3 Å². The highest BCUT2D eigenvalue weighted by Gasteiger charge is 2.23. The maximum Gasteiger partial charge on any atom is 0.270 e. The van der Waals surface area contributed by atoms with Crippen molar-refractivity contribution in [3.63, 3.8) is 0 Å². The number of fused-ring (bicyclic) bond motifs is 2. The van der Waals surface area contributed by atoms with Crippen LogP contribution >= 0.6 is 0 Å². The number of hydrazine groups is 1. The number of ether oxygens (including phenoxy) is 2. The Morgan fingerprint density at radius 1 is 0.900 bits per heavy atom. The third-order valence-corrected chi connectivity index (χ3v) is 5.30. The molecule has 0 atom stereocenters. The molecule has 0 fully saturated rings. The van der Waals surface area contributed by atoms with Crippen LogP contribution in [-0.4, -0.2) is 31.0 Å². The van der Waals surface area contributed by atoms with Gasteiger partial charge in [-0.2, -0.15) is 0 Å². The largest absolute Gasteiger partial charge is 0.497 e. The van der Waals surface area contributed by atoms with Crippen molar-refractivity contribution >= 4 is 22.7 Å². The average molecular weight is 405 g/mol. The summed E-state index contributed by atoms with van der Waals surface area (Å²) in [6.45, 7) is 0. The van der Waals surface area contributed by atoms with Gasteiger partial charge in [0.1, 0.15) is 11.5 Å². The van der Waals surface area contributed by atoms with E-state index in [1.165, 1.54) is 14.2 Å². The van der Waals surface area contributed by atoms with E-state index in [9.17, 15) is 9.59 Å². The fraction of sp³-hybridized carbons (Fsp3) is 0.261. The van der Waals surface area contributed by atoms with E-state index in [-0.39, 0.29) is 5.91 Å². The third-order valence-electron chi connectivity index (χ3n) is 5.30. The minimum atomic E-state index is -0.465. The van der Waals surface area contributed by atoms with Gasteiger partial charge in [0.25, 0.3) is 11.8 Å². The van der Waals surface area contributed by atoms with Crippen molar-refractivity contribution in [3.8, 4) is 11.5 Å². The molecule has 30 heavy (non-hydrogen) atoms. The van der Waals surface area contributed by atoms with Gasteiger partial charge in [-0.25, -0.2) is 0 Å². The van der Waals surface area contributed by atoms with E-state index in [1.54, 1.807) is 18.2 Å². The van der Waals surface area contributed by atoms with Crippen LogP contribution in [0.15, 0.2) is 42.5 Å². The van der Waals surface area contributed by atoms with E-state index in [0.717, 1.165) is 47.8 Å². The predicted octanol–water partition coefficient (Wildman–Crippen LogP) is 3.21. The second-order valence-electron chi connectivity index (χ2n) is 7.15. The van der Waals surface area contributed by atoms with E-state index >= 15 is 0 Å². The summed E-state index contributed by atoms with van der Waals surface area (Å²) in [5, 5.41) is 0.785. The molecule has 0 unspecified atom stereocenters. The maximum atomic E-state index is 13.1. The normalized spacial score (nSPS) is 12.7. The molecule has 1 heterocycles. The first-order chi connectivity index (χ1) is 14.6. The molecule has 0 saturated heterocycles. The number of nitrogens with one attached hydrogen (secondary N) is 2. The maximum absolute atomic E-state index is 13.1. The highest BCUT2D eigenvalue weighted by atomic mass is 16.5. The first kappa shape index (κ1) is 19.7. The van der Waals surface area contributed by atoms with E-state index in [4.69, 9.17) is 14.5 Å². The second kappa shape index (κ2) is 8.41. The highest BCUT2D eigenvalue weighted by molar-refractivity contribution is 6.08. The highest BCUT2D eigenvalue weighted by Crippen LogP contribution is 2.29. The van der Waals surface area contributed by atoms with Crippen molar-refractivity contribution in [1.82, 2.24) is 15.8 Å². The topological polar surface area (TPSA) is 89.5 Å². The average Bonchev–Trinajstić information content (AvgIpc) is 2.80. The van der Waals surface area contributed by atoms with Gasteiger partial charge in [0.2, 0.25) is 0 Å². The van der Waals surface area contributed by atoms with Crippen molar-refractivity contribution in [1.29, 1.82) is 0 Å². The summed E-state index contributed by atoms with van der Waals surface area (Å²) in [5.74, 6) is 0.155. The molecule has 3 aromatic rings. The van der Waals surface area contributed by atoms with Gasteiger partial charge in [0.15, 0.2) is 0 Å². The lowest BCUT2D eigenvalue weighted by Crippen LogP contribution is -2.42. The fourth-order valence-electron chi connectivity index (χ4n) is 3.82. The first-order valence-electron chi connectivity index (χ1n) is 9.85. The molecule has 154 valence electrons. The summed E-state index contributed by atoms with van der Waals surface area (Å²) in [6, 6.07) is 12.4. The molecule has 7 nitrogen and oxygen atoms in total. The van der Waals surface area contributed by atoms with E-state index in [1.807, 2.05) is 24.3 Å². The third kappa shape index (κ3) is 3.78. The van der Waals surface area contributed by atoms with Gasteiger partial charge in [0, 0.05) is 22.7 Å². The van der Waals surface area contributed by atoms with Crippen LogP contribution in [0.1, 0.15) is 44.8 Å². The summed E-state index contributed by atoms with van der Waals surface area (Å²) in [5.41, 5.74) is 8.68. The Morgan fingerprint density at radius 3 is 2.30 bits per heavy atom. The Bertz CT molecular complexity index is 1100. The van der Waals surface area contributed by atoms with Gasteiger partial charge < -0.3 is 9.47 Å². The standard InChI is InChI=1S/C23H23N3O4/c1-29-15-11-14(12-16(13-15)30-2)22(27)25-26-23(28)21-17-7-3-5-9-19(17)24-20-10-6-4-8-18(20)21/h3,5,7,9,11-13H,4,6,8,10H2,1-2H3,(H,25,27)(H,26,28). The van der Waals surface area contributed by atoms with Crippen LogP contribution in [0.4, 0.5) is 0 Å². The molecule has 2 aromatic carbocycles. The Morgan fingerprint density at radius 2 is 1.57 bits per heavy atom. The molecule has 0 radical (unpaired) electrons. The van der Waals surface area contributed by atoms with Gasteiger partial charge >= 0.3 is 0 Å². The molecule has 1 aliphatic carbocycles. The summed E-state index contributed by atoms with van der Waals surface area (Å²) in [6.07, 6.45) is 3.74. The zero-order valence-corrected chi connectivity index (χ0v) is 17.0. The van der Waals surface area contributed by atoms with Crippen molar-refractivity contribution in [2.45, 2.75) is 25.7 Å². The van der Waals surface area contributed by atoms with E-state index < -0.39 is 5.91 Å². The lowest BCUT2D eigenvalue weighted by atomic mass is 9.89. The quantitative estimate of drug-likeness (QED) is 0.651. The van der Waals surface area contributed by atoms with Crippen LogP contribution in [0.25, 0.3) is 10.9 Å². The molecular formula is C23H23N3O4. The minimum absolute atomic E-state index is 0.313.